The molecule has 0 radical (unpaired) electrons. The number of carbonyl (C=O) groups excluding carboxylic acids is 4. The Morgan fingerprint density at radius 2 is 2.19 bits per heavy atom. The van der Waals surface area contributed by atoms with Crippen LogP contribution in [0.25, 0.3) is 0 Å². The van der Waals surface area contributed by atoms with E-state index in [1.54, 1.807) is 6.07 Å². The molecule has 1 fully saturated rings. The summed E-state index contributed by atoms with van der Waals surface area (Å²) in [5.41, 5.74) is 0. The van der Waals surface area contributed by atoms with E-state index in [0.29, 0.717) is 4.67 Å². The number of hydrogen-bond donors (Lipinski definition) is 2. The van der Waals surface area contributed by atoms with E-state index in [9.17, 15) is 19.2 Å². The minimum absolute atomic E-state index is 0.0511. The molecule has 2 rings (SSSR count). The lowest BCUT2D eigenvalue weighted by atomic mass is 10.2. The molecule has 1 aliphatic heterocycles. The van der Waals surface area contributed by atoms with Crippen LogP contribution in [0.5, 0.6) is 0 Å². The number of hydrogen-bond acceptors (Lipinski definition) is 5. The number of halogens is 1. The van der Waals surface area contributed by atoms with E-state index in [1.807, 2.05) is 0 Å². The molecule has 0 spiro atoms. The summed E-state index contributed by atoms with van der Waals surface area (Å²) in [7, 11) is 0. The minimum Gasteiger partial charge on any atom is -0.444 e. The van der Waals surface area contributed by atoms with Crippen molar-refractivity contribution < 1.29 is 23.6 Å². The highest BCUT2D eigenvalue weighted by Crippen LogP contribution is 2.13. The molecule has 8 nitrogen and oxygen atoms in total. The smallest absolute Gasteiger partial charge is 0.287 e. The van der Waals surface area contributed by atoms with E-state index >= 15 is 0 Å². The van der Waals surface area contributed by atoms with Gasteiger partial charge in [0.05, 0.1) is 6.54 Å². The molecule has 1 atom stereocenters. The summed E-state index contributed by atoms with van der Waals surface area (Å²) in [6, 6.07) is 2.24. The molecule has 1 unspecified atom stereocenters. The van der Waals surface area contributed by atoms with Gasteiger partial charge in [-0.2, -0.15) is 0 Å². The van der Waals surface area contributed by atoms with Crippen molar-refractivity contribution >= 4 is 39.6 Å². The van der Waals surface area contributed by atoms with Crippen LogP contribution in [0.15, 0.2) is 21.2 Å². The molecule has 0 bridgehead atoms. The average molecular weight is 358 g/mol. The molecule has 1 aromatic heterocycles. The van der Waals surface area contributed by atoms with Crippen molar-refractivity contribution in [2.75, 3.05) is 13.1 Å². The van der Waals surface area contributed by atoms with E-state index in [-0.39, 0.29) is 18.8 Å². The summed E-state index contributed by atoms with van der Waals surface area (Å²) in [4.78, 5) is 47.5. The Balaban J connectivity index is 1.93. The Morgan fingerprint density at radius 3 is 2.81 bits per heavy atom. The second-order valence-electron chi connectivity index (χ2n) is 4.40. The van der Waals surface area contributed by atoms with Gasteiger partial charge in [0.15, 0.2) is 10.4 Å². The monoisotopic (exact) mass is 357 g/mol. The molecule has 2 N–H and O–H groups in total. The highest BCUT2D eigenvalue weighted by atomic mass is 79.9. The highest BCUT2D eigenvalue weighted by molar-refractivity contribution is 9.10. The van der Waals surface area contributed by atoms with E-state index < -0.39 is 29.7 Å². The lowest BCUT2D eigenvalue weighted by molar-refractivity contribution is -0.148. The van der Waals surface area contributed by atoms with Crippen LogP contribution in [0, 0.1) is 0 Å². The summed E-state index contributed by atoms with van der Waals surface area (Å²) in [5.74, 6) is -2.12. The topological polar surface area (TPSA) is 109 Å². The maximum atomic E-state index is 12.0. The third kappa shape index (κ3) is 3.48. The summed E-state index contributed by atoms with van der Waals surface area (Å²) in [5, 5.41) is 4.50. The zero-order chi connectivity index (χ0) is 15.6. The summed E-state index contributed by atoms with van der Waals surface area (Å²) in [6.45, 7) is 0.959. The standard InChI is InChI=1S/C12H12BrN3O5/c1-6-11(19)15-9(17)5-16(6)10(18)4-14-12(20)7-2-3-8(13)21-7/h2-3,6H,4-5H2,1H3,(H,14,20)(H,15,17,19). The lowest BCUT2D eigenvalue weighted by Gasteiger charge is -2.31. The average Bonchev–Trinajstić information content (AvgIpc) is 2.86. The predicted octanol–water partition coefficient (Wildman–Crippen LogP) is -0.355. The van der Waals surface area contributed by atoms with Gasteiger partial charge in [-0.25, -0.2) is 0 Å². The van der Waals surface area contributed by atoms with Crippen LogP contribution in [0.2, 0.25) is 0 Å². The fraction of sp³-hybridized carbons (Fsp3) is 0.333. The minimum atomic E-state index is -0.759. The van der Waals surface area contributed by atoms with Crippen molar-refractivity contribution in [3.05, 3.63) is 22.6 Å². The maximum Gasteiger partial charge on any atom is 0.287 e. The van der Waals surface area contributed by atoms with Gasteiger partial charge < -0.3 is 14.6 Å². The van der Waals surface area contributed by atoms with Crippen LogP contribution in [-0.2, 0) is 14.4 Å². The summed E-state index contributed by atoms with van der Waals surface area (Å²) < 4.78 is 5.43. The molecule has 0 aliphatic carbocycles. The number of carbonyl (C=O) groups is 4. The van der Waals surface area contributed by atoms with Crippen LogP contribution in [0.1, 0.15) is 17.5 Å². The van der Waals surface area contributed by atoms with Gasteiger partial charge in [-0.3, -0.25) is 24.5 Å². The largest absolute Gasteiger partial charge is 0.444 e. The SMILES string of the molecule is CC1C(=O)NC(=O)CN1C(=O)CNC(=O)c1ccc(Br)o1. The fourth-order valence-electron chi connectivity index (χ4n) is 1.80. The van der Waals surface area contributed by atoms with Gasteiger partial charge in [0.1, 0.15) is 12.6 Å². The maximum absolute atomic E-state index is 12.0. The first-order valence-electron chi connectivity index (χ1n) is 6.05. The molecule has 9 heteroatoms. The van der Waals surface area contributed by atoms with Gasteiger partial charge >= 0.3 is 0 Å². The highest BCUT2D eigenvalue weighted by Gasteiger charge is 2.33. The Bertz CT molecular complexity index is 612. The van der Waals surface area contributed by atoms with Gasteiger partial charge in [0, 0.05) is 0 Å². The number of piperazine rings is 1. The van der Waals surface area contributed by atoms with Gasteiger partial charge in [-0.05, 0) is 35.0 Å². The Morgan fingerprint density at radius 1 is 1.48 bits per heavy atom. The van der Waals surface area contributed by atoms with Crippen LogP contribution in [-0.4, -0.2) is 47.7 Å². The van der Waals surface area contributed by atoms with Crippen molar-refractivity contribution in [1.82, 2.24) is 15.5 Å². The van der Waals surface area contributed by atoms with Crippen LogP contribution >= 0.6 is 15.9 Å². The first kappa shape index (κ1) is 15.2. The zero-order valence-corrected chi connectivity index (χ0v) is 12.6. The van der Waals surface area contributed by atoms with Gasteiger partial charge in [-0.1, -0.05) is 0 Å². The summed E-state index contributed by atoms with van der Waals surface area (Å²) in [6.07, 6.45) is 0. The van der Waals surface area contributed by atoms with Crippen molar-refractivity contribution in [1.29, 1.82) is 0 Å². The molecule has 21 heavy (non-hydrogen) atoms. The quantitative estimate of drug-likeness (QED) is 0.718. The molecule has 1 saturated heterocycles. The number of amides is 4. The predicted molar refractivity (Wildman–Crippen MR) is 73.1 cm³/mol. The van der Waals surface area contributed by atoms with Gasteiger partial charge in [-0.15, -0.1) is 0 Å². The van der Waals surface area contributed by atoms with E-state index in [2.05, 4.69) is 26.6 Å². The molecular weight excluding hydrogens is 346 g/mol. The third-order valence-corrected chi connectivity index (χ3v) is 3.37. The molecule has 1 aromatic rings. The zero-order valence-electron chi connectivity index (χ0n) is 11.0. The van der Waals surface area contributed by atoms with E-state index in [0.717, 1.165) is 4.90 Å². The number of nitrogens with zero attached hydrogens (tertiary/aromatic N) is 1. The fourth-order valence-corrected chi connectivity index (χ4v) is 2.11. The molecule has 0 saturated carbocycles. The normalized spacial score (nSPS) is 18.4. The first-order valence-corrected chi connectivity index (χ1v) is 6.84. The first-order chi connectivity index (χ1) is 9.88. The Labute approximate surface area is 128 Å². The van der Waals surface area contributed by atoms with Crippen LogP contribution in [0.3, 0.4) is 0 Å². The number of furan rings is 1. The van der Waals surface area contributed by atoms with Crippen molar-refractivity contribution in [2.24, 2.45) is 0 Å². The molecular formula is C12H12BrN3O5. The number of rotatable bonds is 3. The van der Waals surface area contributed by atoms with Crippen molar-refractivity contribution in [2.45, 2.75) is 13.0 Å². The summed E-state index contributed by atoms with van der Waals surface area (Å²) >= 11 is 3.06. The second kappa shape index (κ2) is 6.08. The number of nitrogens with one attached hydrogen (secondary N) is 2. The van der Waals surface area contributed by atoms with E-state index in [1.165, 1.54) is 13.0 Å². The third-order valence-electron chi connectivity index (χ3n) is 2.94. The van der Waals surface area contributed by atoms with Crippen LogP contribution in [0.4, 0.5) is 0 Å². The second-order valence-corrected chi connectivity index (χ2v) is 5.18. The van der Waals surface area contributed by atoms with Crippen LogP contribution < -0.4 is 10.6 Å². The number of imide groups is 1. The van der Waals surface area contributed by atoms with Gasteiger partial charge in [0.2, 0.25) is 17.7 Å². The molecule has 1 aliphatic rings. The van der Waals surface area contributed by atoms with E-state index in [4.69, 9.17) is 4.42 Å². The van der Waals surface area contributed by atoms with Crippen molar-refractivity contribution in [3.63, 3.8) is 0 Å². The van der Waals surface area contributed by atoms with Crippen molar-refractivity contribution in [3.8, 4) is 0 Å². The Kier molecular flexibility index (Phi) is 4.41. The molecule has 4 amide bonds. The lowest BCUT2D eigenvalue weighted by Crippen LogP contribution is -2.60. The molecule has 112 valence electrons. The molecule has 2 heterocycles. The Hall–Kier alpha value is -2.16. The molecule has 0 aromatic carbocycles. The van der Waals surface area contributed by atoms with Gasteiger partial charge in [0.25, 0.3) is 5.91 Å².